The van der Waals surface area contributed by atoms with E-state index in [1.807, 2.05) is 18.7 Å². The zero-order chi connectivity index (χ0) is 11.7. The van der Waals surface area contributed by atoms with E-state index < -0.39 is 0 Å². The van der Waals surface area contributed by atoms with Crippen molar-refractivity contribution in [2.45, 2.75) is 19.8 Å². The maximum absolute atomic E-state index is 12.0. The molecule has 1 saturated heterocycles. The number of carbonyl (C=O) groups excluding carboxylic acids is 1. The van der Waals surface area contributed by atoms with E-state index in [9.17, 15) is 4.79 Å². The van der Waals surface area contributed by atoms with Gasteiger partial charge < -0.3 is 0 Å². The van der Waals surface area contributed by atoms with Crippen molar-refractivity contribution < 1.29 is 4.79 Å². The summed E-state index contributed by atoms with van der Waals surface area (Å²) >= 11 is 7.97. The number of aryl methyl sites for hydroxylation is 2. The zero-order valence-electron chi connectivity index (χ0n) is 9.49. The maximum atomic E-state index is 12.0. The molecular weight excluding hydrogens is 244 g/mol. The van der Waals surface area contributed by atoms with E-state index in [2.05, 4.69) is 5.10 Å². The SMILES string of the molecule is Cc1nn(C)c(Cl)c1CC(=O)C1CCSC1. The lowest BCUT2D eigenvalue weighted by Gasteiger charge is -2.06. The van der Waals surface area contributed by atoms with E-state index in [0.29, 0.717) is 17.4 Å². The molecule has 1 atom stereocenters. The molecule has 0 aromatic carbocycles. The van der Waals surface area contributed by atoms with Gasteiger partial charge in [-0.15, -0.1) is 0 Å². The molecule has 1 aromatic rings. The minimum atomic E-state index is 0.223. The number of ketones is 1. The molecule has 3 nitrogen and oxygen atoms in total. The first-order chi connectivity index (χ1) is 7.59. The molecule has 0 amide bonds. The average Bonchev–Trinajstić information content (AvgIpc) is 2.83. The average molecular weight is 259 g/mol. The summed E-state index contributed by atoms with van der Waals surface area (Å²) in [5, 5.41) is 4.81. The van der Waals surface area contributed by atoms with Crippen LogP contribution in [0.15, 0.2) is 0 Å². The van der Waals surface area contributed by atoms with Crippen LogP contribution in [0.5, 0.6) is 0 Å². The topological polar surface area (TPSA) is 34.9 Å². The number of thioether (sulfide) groups is 1. The molecular formula is C11H15ClN2OS. The second-order valence-electron chi connectivity index (χ2n) is 4.18. The fourth-order valence-corrected chi connectivity index (χ4v) is 3.48. The number of carbonyl (C=O) groups is 1. The minimum Gasteiger partial charge on any atom is -0.299 e. The van der Waals surface area contributed by atoms with Gasteiger partial charge in [0.05, 0.1) is 5.69 Å². The third kappa shape index (κ3) is 2.28. The van der Waals surface area contributed by atoms with Crippen LogP contribution in [0.1, 0.15) is 17.7 Å². The smallest absolute Gasteiger partial charge is 0.141 e. The number of aromatic nitrogens is 2. The first-order valence-corrected chi connectivity index (χ1v) is 6.91. The predicted molar refractivity (Wildman–Crippen MR) is 67.1 cm³/mol. The highest BCUT2D eigenvalue weighted by molar-refractivity contribution is 7.99. The number of halogens is 1. The molecule has 0 radical (unpaired) electrons. The predicted octanol–water partition coefficient (Wildman–Crippen LogP) is 2.25. The summed E-state index contributed by atoms with van der Waals surface area (Å²) in [6.45, 7) is 1.90. The van der Waals surface area contributed by atoms with Gasteiger partial charge in [0, 0.05) is 30.7 Å². The van der Waals surface area contributed by atoms with Crippen molar-refractivity contribution in [1.82, 2.24) is 9.78 Å². The molecule has 1 fully saturated rings. The molecule has 0 bridgehead atoms. The number of hydrogen-bond donors (Lipinski definition) is 0. The van der Waals surface area contributed by atoms with Gasteiger partial charge in [-0.25, -0.2) is 0 Å². The molecule has 2 rings (SSSR count). The molecule has 16 heavy (non-hydrogen) atoms. The van der Waals surface area contributed by atoms with Crippen LogP contribution in [0.4, 0.5) is 0 Å². The Morgan fingerprint density at radius 2 is 2.44 bits per heavy atom. The van der Waals surface area contributed by atoms with E-state index in [0.717, 1.165) is 29.2 Å². The lowest BCUT2D eigenvalue weighted by atomic mass is 9.98. The Bertz CT molecular complexity index is 410. The highest BCUT2D eigenvalue weighted by Crippen LogP contribution is 2.27. The monoisotopic (exact) mass is 258 g/mol. The summed E-state index contributed by atoms with van der Waals surface area (Å²) in [6.07, 6.45) is 1.45. The van der Waals surface area contributed by atoms with Gasteiger partial charge in [-0.2, -0.15) is 16.9 Å². The maximum Gasteiger partial charge on any atom is 0.141 e. The first-order valence-electron chi connectivity index (χ1n) is 5.38. The Morgan fingerprint density at radius 1 is 1.69 bits per heavy atom. The highest BCUT2D eigenvalue weighted by Gasteiger charge is 2.25. The summed E-state index contributed by atoms with van der Waals surface area (Å²) in [6, 6.07) is 0. The fraction of sp³-hybridized carbons (Fsp3) is 0.636. The van der Waals surface area contributed by atoms with Gasteiger partial charge >= 0.3 is 0 Å². The normalized spacial score (nSPS) is 20.3. The zero-order valence-corrected chi connectivity index (χ0v) is 11.1. The van der Waals surface area contributed by atoms with Gasteiger partial charge in [-0.1, -0.05) is 11.6 Å². The largest absolute Gasteiger partial charge is 0.299 e. The molecule has 0 aliphatic carbocycles. The van der Waals surface area contributed by atoms with Gasteiger partial charge in [0.1, 0.15) is 10.9 Å². The third-order valence-electron chi connectivity index (χ3n) is 3.01. The molecule has 2 heterocycles. The Balaban J connectivity index is 2.11. The standard InChI is InChI=1S/C11H15ClN2OS/c1-7-9(11(12)14(2)13-7)5-10(15)8-3-4-16-6-8/h8H,3-6H2,1-2H3. The molecule has 0 N–H and O–H groups in total. The fourth-order valence-electron chi connectivity index (χ4n) is 1.98. The Kier molecular flexibility index (Phi) is 3.60. The van der Waals surface area contributed by atoms with Gasteiger partial charge in [0.25, 0.3) is 0 Å². The van der Waals surface area contributed by atoms with Crippen molar-refractivity contribution in [1.29, 1.82) is 0 Å². The Labute approximate surface area is 105 Å². The van der Waals surface area contributed by atoms with Crippen LogP contribution in [-0.4, -0.2) is 27.1 Å². The van der Waals surface area contributed by atoms with Crippen molar-refractivity contribution in [3.8, 4) is 0 Å². The van der Waals surface area contributed by atoms with E-state index in [1.54, 1.807) is 11.7 Å². The summed E-state index contributed by atoms with van der Waals surface area (Å²) in [5.74, 6) is 2.61. The van der Waals surface area contributed by atoms with Crippen LogP contribution in [0.2, 0.25) is 5.15 Å². The van der Waals surface area contributed by atoms with Gasteiger partial charge in [-0.05, 0) is 19.1 Å². The Hall–Kier alpha value is -0.480. The highest BCUT2D eigenvalue weighted by atomic mass is 35.5. The van der Waals surface area contributed by atoms with Crippen molar-refractivity contribution >= 4 is 29.1 Å². The van der Waals surface area contributed by atoms with E-state index in [1.165, 1.54) is 0 Å². The van der Waals surface area contributed by atoms with Gasteiger partial charge in [0.15, 0.2) is 0 Å². The minimum absolute atomic E-state index is 0.223. The molecule has 1 aliphatic heterocycles. The molecule has 5 heteroatoms. The second-order valence-corrected chi connectivity index (χ2v) is 5.69. The van der Waals surface area contributed by atoms with E-state index in [-0.39, 0.29) is 5.92 Å². The first kappa shape index (κ1) is 12.0. The van der Waals surface area contributed by atoms with E-state index in [4.69, 9.17) is 11.6 Å². The second kappa shape index (κ2) is 4.80. The summed E-state index contributed by atoms with van der Waals surface area (Å²) in [7, 11) is 1.80. The number of rotatable bonds is 3. The quantitative estimate of drug-likeness (QED) is 0.834. The van der Waals surface area contributed by atoms with Crippen LogP contribution in [0, 0.1) is 12.8 Å². The lowest BCUT2D eigenvalue weighted by molar-refractivity contribution is -0.121. The van der Waals surface area contributed by atoms with Crippen LogP contribution in [0.3, 0.4) is 0 Å². The Morgan fingerprint density at radius 3 is 2.94 bits per heavy atom. The van der Waals surface area contributed by atoms with Crippen LogP contribution < -0.4 is 0 Å². The van der Waals surface area contributed by atoms with Crippen molar-refractivity contribution in [2.24, 2.45) is 13.0 Å². The molecule has 1 aliphatic rings. The van der Waals surface area contributed by atoms with E-state index >= 15 is 0 Å². The number of hydrogen-bond acceptors (Lipinski definition) is 3. The summed E-state index contributed by atoms with van der Waals surface area (Å²) in [5.41, 5.74) is 1.76. The molecule has 1 unspecified atom stereocenters. The molecule has 88 valence electrons. The summed E-state index contributed by atoms with van der Waals surface area (Å²) in [4.78, 5) is 12.0. The van der Waals surface area contributed by atoms with Crippen molar-refractivity contribution in [3.05, 3.63) is 16.4 Å². The summed E-state index contributed by atoms with van der Waals surface area (Å²) < 4.78 is 1.63. The molecule has 0 saturated carbocycles. The molecule has 0 spiro atoms. The lowest BCUT2D eigenvalue weighted by Crippen LogP contribution is -2.16. The van der Waals surface area contributed by atoms with Crippen molar-refractivity contribution in [3.63, 3.8) is 0 Å². The van der Waals surface area contributed by atoms with Gasteiger partial charge in [-0.3, -0.25) is 9.48 Å². The number of nitrogens with zero attached hydrogens (tertiary/aromatic N) is 2. The van der Waals surface area contributed by atoms with Crippen LogP contribution >= 0.6 is 23.4 Å². The van der Waals surface area contributed by atoms with Crippen LogP contribution in [0.25, 0.3) is 0 Å². The number of Topliss-reactive ketones (excluding diaryl/α,β-unsaturated/α-hetero) is 1. The van der Waals surface area contributed by atoms with Gasteiger partial charge in [0.2, 0.25) is 0 Å². The molecule has 1 aromatic heterocycles. The third-order valence-corrected chi connectivity index (χ3v) is 4.64. The van der Waals surface area contributed by atoms with Crippen molar-refractivity contribution in [2.75, 3.05) is 11.5 Å². The van der Waals surface area contributed by atoms with Crippen LogP contribution in [-0.2, 0) is 18.3 Å².